The number of hydrogen-bond donors (Lipinski definition) is 2. The molecule has 0 aliphatic carbocycles. The van der Waals surface area contributed by atoms with Crippen molar-refractivity contribution in [2.24, 2.45) is 7.05 Å². The number of benzene rings is 2. The third-order valence-electron chi connectivity index (χ3n) is 6.00. The third kappa shape index (κ3) is 3.64. The summed E-state index contributed by atoms with van der Waals surface area (Å²) in [5.74, 6) is 1.30. The number of aromatic nitrogens is 4. The summed E-state index contributed by atoms with van der Waals surface area (Å²) in [5, 5.41) is 11.2. The Kier molecular flexibility index (Phi) is 5.18. The molecule has 1 aliphatic heterocycles. The lowest BCUT2D eigenvalue weighted by Gasteiger charge is -2.23. The molecule has 2 aromatic carbocycles. The van der Waals surface area contributed by atoms with Gasteiger partial charge in [-0.1, -0.05) is 48.5 Å². The fourth-order valence-electron chi connectivity index (χ4n) is 4.32. The van der Waals surface area contributed by atoms with Crippen molar-refractivity contribution in [1.82, 2.24) is 30.0 Å². The van der Waals surface area contributed by atoms with Crippen LogP contribution in [0, 0.1) is 0 Å². The van der Waals surface area contributed by atoms with E-state index in [1.807, 2.05) is 60.7 Å². The van der Waals surface area contributed by atoms with Crippen molar-refractivity contribution in [2.75, 3.05) is 6.54 Å². The lowest BCUT2D eigenvalue weighted by molar-refractivity contribution is 0.190. The Balaban J connectivity index is 1.32. The molecule has 1 fully saturated rings. The summed E-state index contributed by atoms with van der Waals surface area (Å²) in [6.07, 6.45) is 1.70. The van der Waals surface area contributed by atoms with Crippen molar-refractivity contribution >= 4 is 16.9 Å². The Bertz CT molecular complexity index is 1330. The molecule has 1 unspecified atom stereocenters. The minimum absolute atomic E-state index is 0.107. The van der Waals surface area contributed by atoms with E-state index in [0.29, 0.717) is 23.8 Å². The van der Waals surface area contributed by atoms with Gasteiger partial charge in [-0.3, -0.25) is 9.89 Å². The molecule has 2 N–H and O–H groups in total. The molecule has 1 saturated heterocycles. The van der Waals surface area contributed by atoms with E-state index in [9.17, 15) is 9.59 Å². The summed E-state index contributed by atoms with van der Waals surface area (Å²) in [6.45, 7) is 0.804. The molecular weight excluding hydrogens is 404 g/mol. The molecule has 162 valence electrons. The van der Waals surface area contributed by atoms with E-state index in [4.69, 9.17) is 0 Å². The second-order valence-electron chi connectivity index (χ2n) is 8.01. The van der Waals surface area contributed by atoms with Crippen LogP contribution in [0.1, 0.15) is 30.3 Å². The summed E-state index contributed by atoms with van der Waals surface area (Å²) in [7, 11) is 1.75. The fraction of sp³-hybridized carbons (Fsp3) is 0.250. The smallest absolute Gasteiger partial charge is 0.318 e. The van der Waals surface area contributed by atoms with Crippen LogP contribution in [0.5, 0.6) is 0 Å². The molecule has 2 amide bonds. The first-order chi connectivity index (χ1) is 15.6. The van der Waals surface area contributed by atoms with Gasteiger partial charge in [0, 0.05) is 31.3 Å². The van der Waals surface area contributed by atoms with Crippen molar-refractivity contribution in [3.8, 4) is 11.4 Å². The number of rotatable bonds is 4. The van der Waals surface area contributed by atoms with E-state index < -0.39 is 0 Å². The molecule has 0 saturated carbocycles. The number of fused-ring (bicyclic) bond motifs is 1. The van der Waals surface area contributed by atoms with Gasteiger partial charge in [0.2, 0.25) is 0 Å². The number of hydrogen-bond acceptors (Lipinski definition) is 4. The van der Waals surface area contributed by atoms with Crippen LogP contribution >= 0.6 is 0 Å². The zero-order chi connectivity index (χ0) is 22.1. The number of aromatic amines is 1. The standard InChI is InChI=1S/C24H24N6O2/c1-29-19-11-6-5-10-17(19)14-18(23(29)31)15-25-24(32)30-13-7-12-20(30)22-26-21(27-28-22)16-8-3-2-4-9-16/h2-6,8-11,14,20H,7,12-13,15H2,1H3,(H,25,32)(H,26,27,28). The van der Waals surface area contributed by atoms with Gasteiger partial charge in [0.25, 0.3) is 5.56 Å². The molecule has 8 nitrogen and oxygen atoms in total. The number of pyridine rings is 1. The lowest BCUT2D eigenvalue weighted by atomic mass is 10.1. The second kappa shape index (κ2) is 8.30. The second-order valence-corrected chi connectivity index (χ2v) is 8.01. The number of nitrogens with one attached hydrogen (secondary N) is 2. The number of carbonyl (C=O) groups excluding carboxylic acids is 1. The first kappa shape index (κ1) is 20.0. The number of para-hydroxylation sites is 1. The van der Waals surface area contributed by atoms with Crippen LogP contribution in [0.3, 0.4) is 0 Å². The summed E-state index contributed by atoms with van der Waals surface area (Å²) in [4.78, 5) is 32.1. The van der Waals surface area contributed by atoms with Gasteiger partial charge in [0.15, 0.2) is 5.82 Å². The Morgan fingerprint density at radius 2 is 1.94 bits per heavy atom. The largest absolute Gasteiger partial charge is 0.334 e. The van der Waals surface area contributed by atoms with E-state index in [1.54, 1.807) is 16.5 Å². The van der Waals surface area contributed by atoms with E-state index >= 15 is 0 Å². The predicted molar refractivity (Wildman–Crippen MR) is 122 cm³/mol. The van der Waals surface area contributed by atoms with Crippen LogP contribution in [0.25, 0.3) is 22.3 Å². The normalized spacial score (nSPS) is 15.9. The zero-order valence-corrected chi connectivity index (χ0v) is 17.8. The highest BCUT2D eigenvalue weighted by Crippen LogP contribution is 2.30. The highest BCUT2D eigenvalue weighted by molar-refractivity contribution is 5.80. The van der Waals surface area contributed by atoms with Gasteiger partial charge in [0.1, 0.15) is 5.82 Å². The molecule has 0 spiro atoms. The van der Waals surface area contributed by atoms with Crippen molar-refractivity contribution in [2.45, 2.75) is 25.4 Å². The van der Waals surface area contributed by atoms with Gasteiger partial charge in [-0.2, -0.15) is 5.10 Å². The number of nitrogens with zero attached hydrogens (tertiary/aromatic N) is 4. The van der Waals surface area contributed by atoms with Crippen LogP contribution < -0.4 is 10.9 Å². The van der Waals surface area contributed by atoms with Crippen molar-refractivity contribution in [3.05, 3.63) is 82.4 Å². The summed E-state index contributed by atoms with van der Waals surface area (Å²) in [5.41, 5.74) is 2.24. The highest BCUT2D eigenvalue weighted by atomic mass is 16.2. The molecule has 5 rings (SSSR count). The summed E-state index contributed by atoms with van der Waals surface area (Å²) in [6, 6.07) is 18.9. The minimum atomic E-state index is -0.208. The number of carbonyl (C=O) groups is 1. The fourth-order valence-corrected chi connectivity index (χ4v) is 4.32. The van der Waals surface area contributed by atoms with E-state index in [1.165, 1.54) is 0 Å². The molecule has 32 heavy (non-hydrogen) atoms. The van der Waals surface area contributed by atoms with E-state index in [-0.39, 0.29) is 24.2 Å². The molecule has 1 atom stereocenters. The molecule has 0 bridgehead atoms. The number of urea groups is 1. The summed E-state index contributed by atoms with van der Waals surface area (Å²) >= 11 is 0. The van der Waals surface area contributed by atoms with Gasteiger partial charge in [-0.25, -0.2) is 9.78 Å². The Labute approximate surface area is 184 Å². The maximum atomic E-state index is 13.0. The molecular formula is C24H24N6O2. The zero-order valence-electron chi connectivity index (χ0n) is 17.8. The van der Waals surface area contributed by atoms with Gasteiger partial charge in [-0.15, -0.1) is 0 Å². The predicted octanol–water partition coefficient (Wildman–Crippen LogP) is 3.37. The molecule has 4 aromatic rings. The van der Waals surface area contributed by atoms with Crippen molar-refractivity contribution < 1.29 is 4.79 Å². The monoisotopic (exact) mass is 428 g/mol. The van der Waals surface area contributed by atoms with Crippen LogP contribution in [0.15, 0.2) is 65.5 Å². The van der Waals surface area contributed by atoms with Crippen LogP contribution in [0.2, 0.25) is 0 Å². The van der Waals surface area contributed by atoms with Gasteiger partial charge < -0.3 is 14.8 Å². The molecule has 0 radical (unpaired) electrons. The maximum absolute atomic E-state index is 13.0. The van der Waals surface area contributed by atoms with Gasteiger partial charge in [-0.05, 0) is 30.4 Å². The maximum Gasteiger partial charge on any atom is 0.318 e. The Morgan fingerprint density at radius 3 is 2.78 bits per heavy atom. The van der Waals surface area contributed by atoms with Crippen LogP contribution in [-0.2, 0) is 13.6 Å². The van der Waals surface area contributed by atoms with Crippen molar-refractivity contribution in [3.63, 3.8) is 0 Å². The van der Waals surface area contributed by atoms with Crippen LogP contribution in [0.4, 0.5) is 4.79 Å². The molecule has 1 aliphatic rings. The lowest BCUT2D eigenvalue weighted by Crippen LogP contribution is -2.40. The minimum Gasteiger partial charge on any atom is -0.334 e. The SMILES string of the molecule is Cn1c(=O)c(CNC(=O)N2CCCC2c2nc(-c3ccccc3)n[nH]2)cc2ccccc21. The van der Waals surface area contributed by atoms with E-state index in [0.717, 1.165) is 29.3 Å². The highest BCUT2D eigenvalue weighted by Gasteiger charge is 2.32. The molecule has 8 heteroatoms. The number of amides is 2. The van der Waals surface area contributed by atoms with Crippen LogP contribution in [-0.4, -0.2) is 37.2 Å². The average Bonchev–Trinajstić information content (AvgIpc) is 3.51. The third-order valence-corrected chi connectivity index (χ3v) is 6.00. The first-order valence-electron chi connectivity index (χ1n) is 10.7. The number of H-pyrrole nitrogens is 1. The Morgan fingerprint density at radius 1 is 1.16 bits per heavy atom. The Hall–Kier alpha value is -3.94. The van der Waals surface area contributed by atoms with Gasteiger partial charge >= 0.3 is 6.03 Å². The first-order valence-corrected chi connectivity index (χ1v) is 10.7. The number of aryl methyl sites for hydroxylation is 1. The summed E-state index contributed by atoms with van der Waals surface area (Å²) < 4.78 is 1.62. The topological polar surface area (TPSA) is 95.9 Å². The average molecular weight is 428 g/mol. The quantitative estimate of drug-likeness (QED) is 0.521. The van der Waals surface area contributed by atoms with Crippen molar-refractivity contribution in [1.29, 1.82) is 0 Å². The molecule has 2 aromatic heterocycles. The molecule has 3 heterocycles. The number of likely N-dealkylation sites (tertiary alicyclic amines) is 1. The van der Waals surface area contributed by atoms with E-state index in [2.05, 4.69) is 20.5 Å². The van der Waals surface area contributed by atoms with Gasteiger partial charge in [0.05, 0.1) is 11.6 Å².